The SMILES string of the molecule is COc1ccccc1S(=O)(=O)Nc1ccc2cn[nH]c2c1. The second-order valence-corrected chi connectivity index (χ2v) is 6.08. The average Bonchev–Trinajstić information content (AvgIpc) is 2.94. The lowest BCUT2D eigenvalue weighted by Crippen LogP contribution is -2.13. The zero-order valence-electron chi connectivity index (χ0n) is 11.2. The first kappa shape index (κ1) is 13.4. The average molecular weight is 303 g/mol. The minimum Gasteiger partial charge on any atom is -0.495 e. The molecule has 0 unspecified atom stereocenters. The fourth-order valence-corrected chi connectivity index (χ4v) is 3.27. The van der Waals surface area contributed by atoms with Crippen LogP contribution in [-0.4, -0.2) is 25.7 Å². The van der Waals surface area contributed by atoms with Gasteiger partial charge < -0.3 is 4.74 Å². The molecule has 1 aromatic heterocycles. The third kappa shape index (κ3) is 2.55. The minimum absolute atomic E-state index is 0.0946. The molecule has 6 nitrogen and oxygen atoms in total. The molecule has 0 bridgehead atoms. The van der Waals surface area contributed by atoms with Crippen molar-refractivity contribution in [1.82, 2.24) is 10.2 Å². The molecule has 0 radical (unpaired) electrons. The van der Waals surface area contributed by atoms with E-state index in [0.717, 1.165) is 10.9 Å². The Bertz CT molecular complexity index is 887. The predicted molar refractivity (Wildman–Crippen MR) is 79.9 cm³/mol. The topological polar surface area (TPSA) is 84.1 Å². The highest BCUT2D eigenvalue weighted by Gasteiger charge is 2.19. The van der Waals surface area contributed by atoms with E-state index in [1.165, 1.54) is 13.2 Å². The summed E-state index contributed by atoms with van der Waals surface area (Å²) in [4.78, 5) is 0.0946. The number of ether oxygens (including phenoxy) is 1. The van der Waals surface area contributed by atoms with Crippen LogP contribution in [0.25, 0.3) is 10.9 Å². The van der Waals surface area contributed by atoms with E-state index in [-0.39, 0.29) is 4.90 Å². The lowest BCUT2D eigenvalue weighted by molar-refractivity contribution is 0.403. The first-order valence-electron chi connectivity index (χ1n) is 6.19. The Morgan fingerprint density at radius 1 is 1.19 bits per heavy atom. The second kappa shape index (κ2) is 5.10. The fourth-order valence-electron chi connectivity index (χ4n) is 2.05. The van der Waals surface area contributed by atoms with Gasteiger partial charge >= 0.3 is 0 Å². The number of rotatable bonds is 4. The van der Waals surface area contributed by atoms with Gasteiger partial charge in [0.15, 0.2) is 0 Å². The number of hydrogen-bond donors (Lipinski definition) is 2. The summed E-state index contributed by atoms with van der Waals surface area (Å²) < 4.78 is 32.5. The summed E-state index contributed by atoms with van der Waals surface area (Å²) in [6.07, 6.45) is 1.67. The highest BCUT2D eigenvalue weighted by Crippen LogP contribution is 2.26. The molecule has 0 aliphatic rings. The zero-order valence-corrected chi connectivity index (χ0v) is 12.0. The molecular weight excluding hydrogens is 290 g/mol. The van der Waals surface area contributed by atoms with Crippen LogP contribution >= 0.6 is 0 Å². The highest BCUT2D eigenvalue weighted by atomic mass is 32.2. The molecule has 0 aliphatic heterocycles. The van der Waals surface area contributed by atoms with Crippen molar-refractivity contribution < 1.29 is 13.2 Å². The van der Waals surface area contributed by atoms with Gasteiger partial charge in [-0.1, -0.05) is 12.1 Å². The second-order valence-electron chi connectivity index (χ2n) is 4.43. The van der Waals surface area contributed by atoms with Crippen LogP contribution in [0.1, 0.15) is 0 Å². The van der Waals surface area contributed by atoms with Gasteiger partial charge in [0.1, 0.15) is 10.6 Å². The molecule has 0 fully saturated rings. The standard InChI is InChI=1S/C14H13N3O3S/c1-20-13-4-2-3-5-14(13)21(18,19)17-11-7-6-10-9-15-16-12(10)8-11/h2-9,17H,1H3,(H,15,16). The number of sulfonamides is 1. The number of hydrogen-bond acceptors (Lipinski definition) is 4. The number of aromatic amines is 1. The van der Waals surface area contributed by atoms with Gasteiger partial charge in [-0.05, 0) is 30.3 Å². The molecule has 3 aromatic rings. The number of aromatic nitrogens is 2. The summed E-state index contributed by atoms with van der Waals surface area (Å²) in [5.74, 6) is 0.299. The van der Waals surface area contributed by atoms with E-state index in [2.05, 4.69) is 14.9 Å². The summed E-state index contributed by atoms with van der Waals surface area (Å²) in [6, 6.07) is 11.6. The Labute approximate surface area is 121 Å². The van der Waals surface area contributed by atoms with Crippen molar-refractivity contribution in [3.05, 3.63) is 48.7 Å². The first-order valence-corrected chi connectivity index (χ1v) is 7.67. The van der Waals surface area contributed by atoms with Gasteiger partial charge in [0.2, 0.25) is 0 Å². The molecule has 0 atom stereocenters. The molecule has 3 rings (SSSR count). The molecule has 0 amide bonds. The van der Waals surface area contributed by atoms with E-state index in [9.17, 15) is 8.42 Å². The van der Waals surface area contributed by atoms with Crippen LogP contribution in [0.4, 0.5) is 5.69 Å². The van der Waals surface area contributed by atoms with E-state index >= 15 is 0 Å². The van der Waals surface area contributed by atoms with Crippen LogP contribution in [0, 0.1) is 0 Å². The molecule has 7 heteroatoms. The van der Waals surface area contributed by atoms with Crippen LogP contribution in [0.15, 0.2) is 53.6 Å². The Kier molecular flexibility index (Phi) is 3.26. The molecule has 2 aromatic carbocycles. The van der Waals surface area contributed by atoms with Gasteiger partial charge in [-0.15, -0.1) is 0 Å². The molecule has 1 heterocycles. The summed E-state index contributed by atoms with van der Waals surface area (Å²) >= 11 is 0. The molecule has 0 saturated heterocycles. The van der Waals surface area contributed by atoms with Crippen LogP contribution in [0.2, 0.25) is 0 Å². The van der Waals surface area contributed by atoms with Gasteiger partial charge in [0, 0.05) is 5.39 Å². The molecule has 21 heavy (non-hydrogen) atoms. The largest absolute Gasteiger partial charge is 0.495 e. The molecule has 2 N–H and O–H groups in total. The predicted octanol–water partition coefficient (Wildman–Crippen LogP) is 2.37. The number of benzene rings is 2. The van der Waals surface area contributed by atoms with Gasteiger partial charge in [0.25, 0.3) is 10.0 Å². The highest BCUT2D eigenvalue weighted by molar-refractivity contribution is 7.92. The maximum Gasteiger partial charge on any atom is 0.265 e. The van der Waals surface area contributed by atoms with Gasteiger partial charge in [-0.2, -0.15) is 5.10 Å². The Morgan fingerprint density at radius 3 is 2.81 bits per heavy atom. The van der Waals surface area contributed by atoms with E-state index in [0.29, 0.717) is 11.4 Å². The molecule has 108 valence electrons. The van der Waals surface area contributed by atoms with Crippen molar-refractivity contribution >= 4 is 26.6 Å². The van der Waals surface area contributed by atoms with Crippen molar-refractivity contribution in [3.8, 4) is 5.75 Å². The number of anilines is 1. The number of methoxy groups -OCH3 is 1. The van der Waals surface area contributed by atoms with Crippen molar-refractivity contribution in [2.45, 2.75) is 4.90 Å². The molecule has 0 spiro atoms. The van der Waals surface area contributed by atoms with Crippen molar-refractivity contribution in [3.63, 3.8) is 0 Å². The maximum atomic E-state index is 12.4. The smallest absolute Gasteiger partial charge is 0.265 e. The monoisotopic (exact) mass is 303 g/mol. The van der Waals surface area contributed by atoms with E-state index < -0.39 is 10.0 Å². The summed E-state index contributed by atoms with van der Waals surface area (Å²) in [7, 11) is -2.28. The summed E-state index contributed by atoms with van der Waals surface area (Å²) in [6.45, 7) is 0. The van der Waals surface area contributed by atoms with Gasteiger partial charge in [-0.25, -0.2) is 8.42 Å². The van der Waals surface area contributed by atoms with Crippen molar-refractivity contribution in [2.24, 2.45) is 0 Å². The van der Waals surface area contributed by atoms with Crippen LogP contribution < -0.4 is 9.46 Å². The third-order valence-electron chi connectivity index (χ3n) is 3.05. The van der Waals surface area contributed by atoms with Crippen molar-refractivity contribution in [2.75, 3.05) is 11.8 Å². The number of H-pyrrole nitrogens is 1. The Balaban J connectivity index is 1.98. The first-order chi connectivity index (χ1) is 10.1. The van der Waals surface area contributed by atoms with E-state index in [4.69, 9.17) is 4.74 Å². The van der Waals surface area contributed by atoms with Gasteiger partial charge in [-0.3, -0.25) is 9.82 Å². The normalized spacial score (nSPS) is 11.5. The number of para-hydroxylation sites is 1. The van der Waals surface area contributed by atoms with Crippen LogP contribution in [0.5, 0.6) is 5.75 Å². The van der Waals surface area contributed by atoms with Crippen LogP contribution in [0.3, 0.4) is 0 Å². The number of nitrogens with zero attached hydrogens (tertiary/aromatic N) is 1. The van der Waals surface area contributed by atoms with E-state index in [1.807, 2.05) is 0 Å². The molecular formula is C14H13N3O3S. The van der Waals surface area contributed by atoms with Crippen molar-refractivity contribution in [1.29, 1.82) is 0 Å². The summed E-state index contributed by atoms with van der Waals surface area (Å²) in [5.41, 5.74) is 1.22. The number of fused-ring (bicyclic) bond motifs is 1. The Hall–Kier alpha value is -2.54. The minimum atomic E-state index is -3.72. The Morgan fingerprint density at radius 2 is 2.00 bits per heavy atom. The fraction of sp³-hybridized carbons (Fsp3) is 0.0714. The third-order valence-corrected chi connectivity index (χ3v) is 4.47. The number of nitrogens with one attached hydrogen (secondary N) is 2. The molecule has 0 saturated carbocycles. The molecule has 0 aliphatic carbocycles. The van der Waals surface area contributed by atoms with E-state index in [1.54, 1.807) is 42.6 Å². The van der Waals surface area contributed by atoms with Gasteiger partial charge in [0.05, 0.1) is 24.5 Å². The maximum absolute atomic E-state index is 12.4. The lowest BCUT2D eigenvalue weighted by atomic mass is 10.2. The summed E-state index contributed by atoms with van der Waals surface area (Å²) in [5, 5.41) is 7.61. The zero-order chi connectivity index (χ0) is 14.9. The lowest BCUT2D eigenvalue weighted by Gasteiger charge is -2.11. The quantitative estimate of drug-likeness (QED) is 0.775. The van der Waals surface area contributed by atoms with Crippen LogP contribution in [-0.2, 0) is 10.0 Å².